The average molecular weight is 329 g/mol. The van der Waals surface area contributed by atoms with Crippen molar-refractivity contribution in [3.05, 3.63) is 46.5 Å². The van der Waals surface area contributed by atoms with Gasteiger partial charge in [-0.3, -0.25) is 14.6 Å². The summed E-state index contributed by atoms with van der Waals surface area (Å²) >= 11 is 0. The molecular formula is C18H19NO5. The third-order valence-electron chi connectivity index (χ3n) is 4.29. The number of benzene rings is 1. The van der Waals surface area contributed by atoms with Crippen molar-refractivity contribution in [3.8, 4) is 0 Å². The van der Waals surface area contributed by atoms with E-state index in [0.717, 1.165) is 5.56 Å². The zero-order chi connectivity index (χ0) is 18.1. The van der Waals surface area contributed by atoms with Gasteiger partial charge in [-0.05, 0) is 25.8 Å². The van der Waals surface area contributed by atoms with Crippen LogP contribution < -0.4 is 0 Å². The molecule has 0 radical (unpaired) electrons. The van der Waals surface area contributed by atoms with E-state index in [4.69, 9.17) is 5.11 Å². The van der Waals surface area contributed by atoms with Crippen molar-refractivity contribution in [2.24, 2.45) is 4.99 Å². The van der Waals surface area contributed by atoms with Gasteiger partial charge in [0.2, 0.25) is 5.78 Å². The van der Waals surface area contributed by atoms with Crippen molar-refractivity contribution in [1.82, 2.24) is 0 Å². The van der Waals surface area contributed by atoms with Crippen LogP contribution in [0.3, 0.4) is 0 Å². The molecule has 6 heteroatoms. The maximum Gasteiger partial charge on any atom is 0.334 e. The summed E-state index contributed by atoms with van der Waals surface area (Å²) in [5.41, 5.74) is 0.133. The van der Waals surface area contributed by atoms with E-state index < -0.39 is 29.7 Å². The number of allylic oxidation sites excluding steroid dienone is 1. The molecule has 0 saturated heterocycles. The molecule has 0 saturated carbocycles. The molecule has 0 bridgehead atoms. The predicted molar refractivity (Wildman–Crippen MR) is 88.6 cm³/mol. The lowest BCUT2D eigenvalue weighted by molar-refractivity contribution is -0.138. The fourth-order valence-electron chi connectivity index (χ4n) is 3.00. The summed E-state index contributed by atoms with van der Waals surface area (Å²) < 4.78 is 0. The lowest BCUT2D eigenvalue weighted by atomic mass is 9.83. The van der Waals surface area contributed by atoms with Crippen LogP contribution in [-0.4, -0.2) is 39.2 Å². The minimum absolute atomic E-state index is 0.0272. The number of aliphatic imine (C=N–C) groups is 1. The molecule has 1 aromatic rings. The van der Waals surface area contributed by atoms with Crippen LogP contribution >= 0.6 is 0 Å². The van der Waals surface area contributed by atoms with Gasteiger partial charge in [0.25, 0.3) is 0 Å². The number of hydrogen-bond donors (Lipinski definition) is 2. The number of ketones is 1. The smallest absolute Gasteiger partial charge is 0.334 e. The van der Waals surface area contributed by atoms with Gasteiger partial charge in [0.05, 0.1) is 12.0 Å². The molecule has 0 aliphatic carbocycles. The quantitative estimate of drug-likeness (QED) is 0.781. The molecule has 126 valence electrons. The van der Waals surface area contributed by atoms with Gasteiger partial charge in [0.1, 0.15) is 11.3 Å². The van der Waals surface area contributed by atoms with E-state index >= 15 is 0 Å². The number of aryl methyl sites for hydroxylation is 1. The van der Waals surface area contributed by atoms with Crippen molar-refractivity contribution < 1.29 is 24.6 Å². The van der Waals surface area contributed by atoms with Crippen molar-refractivity contribution in [1.29, 1.82) is 0 Å². The Morgan fingerprint density at radius 2 is 1.67 bits per heavy atom. The molecular weight excluding hydrogens is 310 g/mol. The third kappa shape index (κ3) is 2.99. The SMILES string of the molecule is CCC1(CC(=O)O)N=C(C(=O)c2ccc(C)cc2)C(C)=C1C(=O)O. The lowest BCUT2D eigenvalue weighted by Crippen LogP contribution is -2.33. The van der Waals surface area contributed by atoms with Gasteiger partial charge in [-0.2, -0.15) is 0 Å². The van der Waals surface area contributed by atoms with Gasteiger partial charge in [-0.25, -0.2) is 4.79 Å². The Kier molecular flexibility index (Phi) is 4.68. The Balaban J connectivity index is 2.56. The van der Waals surface area contributed by atoms with Crippen LogP contribution in [0.5, 0.6) is 0 Å². The van der Waals surface area contributed by atoms with E-state index in [-0.39, 0.29) is 23.3 Å². The first-order valence-corrected chi connectivity index (χ1v) is 7.60. The number of rotatable bonds is 6. The fourth-order valence-corrected chi connectivity index (χ4v) is 3.00. The number of hydrogen-bond acceptors (Lipinski definition) is 4. The fraction of sp³-hybridized carbons (Fsp3) is 0.333. The zero-order valence-corrected chi connectivity index (χ0v) is 13.8. The summed E-state index contributed by atoms with van der Waals surface area (Å²) in [5, 5.41) is 18.7. The number of carbonyl (C=O) groups excluding carboxylic acids is 1. The molecule has 2 N–H and O–H groups in total. The highest BCUT2D eigenvalue weighted by Gasteiger charge is 2.46. The maximum atomic E-state index is 12.7. The molecule has 1 aliphatic heterocycles. The van der Waals surface area contributed by atoms with Gasteiger partial charge in [0, 0.05) is 5.56 Å². The highest BCUT2D eigenvalue weighted by atomic mass is 16.4. The minimum Gasteiger partial charge on any atom is -0.481 e. The van der Waals surface area contributed by atoms with Gasteiger partial charge >= 0.3 is 11.9 Å². The molecule has 0 aromatic heterocycles. The molecule has 1 aromatic carbocycles. The van der Waals surface area contributed by atoms with Crippen LogP contribution in [0.1, 0.15) is 42.6 Å². The van der Waals surface area contributed by atoms with Gasteiger partial charge in [-0.1, -0.05) is 36.8 Å². The second-order valence-electron chi connectivity index (χ2n) is 5.92. The first-order valence-electron chi connectivity index (χ1n) is 7.60. The Bertz CT molecular complexity index is 773. The Morgan fingerprint density at radius 3 is 2.12 bits per heavy atom. The molecule has 1 aliphatic rings. The Labute approximate surface area is 139 Å². The normalized spacial score (nSPS) is 20.0. The second-order valence-corrected chi connectivity index (χ2v) is 5.92. The highest BCUT2D eigenvalue weighted by Crippen LogP contribution is 2.38. The third-order valence-corrected chi connectivity index (χ3v) is 4.29. The van der Waals surface area contributed by atoms with Gasteiger partial charge in [-0.15, -0.1) is 0 Å². The van der Waals surface area contributed by atoms with Gasteiger partial charge < -0.3 is 10.2 Å². The van der Waals surface area contributed by atoms with Crippen LogP contribution in [0.25, 0.3) is 0 Å². The monoisotopic (exact) mass is 329 g/mol. The molecule has 0 amide bonds. The number of carbonyl (C=O) groups is 3. The molecule has 0 spiro atoms. The molecule has 1 unspecified atom stereocenters. The molecule has 0 fully saturated rings. The van der Waals surface area contributed by atoms with E-state index in [1.54, 1.807) is 31.2 Å². The maximum absolute atomic E-state index is 12.7. The summed E-state index contributed by atoms with van der Waals surface area (Å²) in [4.78, 5) is 39.9. The van der Waals surface area contributed by atoms with Crippen LogP contribution in [0, 0.1) is 6.92 Å². The first kappa shape index (κ1) is 17.6. The highest BCUT2D eigenvalue weighted by molar-refractivity contribution is 6.52. The number of carboxylic acids is 2. The standard InChI is InChI=1S/C18H19NO5/c1-4-18(9-13(20)21)14(17(23)24)11(3)15(19-18)16(22)12-7-5-10(2)6-8-12/h5-8H,4,9H2,1-3H3,(H,20,21)(H,23,24). The number of Topliss-reactive ketones (excluding diaryl/α,β-unsaturated/α-hetero) is 1. The number of aliphatic carboxylic acids is 2. The average Bonchev–Trinajstić information content (AvgIpc) is 2.79. The van der Waals surface area contributed by atoms with Crippen LogP contribution in [0.4, 0.5) is 0 Å². The van der Waals surface area contributed by atoms with Crippen molar-refractivity contribution in [2.75, 3.05) is 0 Å². The summed E-state index contributed by atoms with van der Waals surface area (Å²) in [5.74, 6) is -2.80. The first-order chi connectivity index (χ1) is 11.2. The number of carboxylic acid groups (broad SMARTS) is 2. The molecule has 2 rings (SSSR count). The van der Waals surface area contributed by atoms with Gasteiger partial charge in [0.15, 0.2) is 0 Å². The summed E-state index contributed by atoms with van der Waals surface area (Å²) in [6.07, 6.45) is -0.282. The summed E-state index contributed by atoms with van der Waals surface area (Å²) in [6.45, 7) is 5.07. The van der Waals surface area contributed by atoms with E-state index in [0.29, 0.717) is 5.56 Å². The van der Waals surface area contributed by atoms with Crippen molar-refractivity contribution >= 4 is 23.4 Å². The minimum atomic E-state index is -1.41. The Hall–Kier alpha value is -2.76. The van der Waals surface area contributed by atoms with E-state index in [9.17, 15) is 19.5 Å². The topological polar surface area (TPSA) is 104 Å². The summed E-state index contributed by atoms with van der Waals surface area (Å²) in [6, 6.07) is 6.86. The van der Waals surface area contributed by atoms with E-state index in [2.05, 4.69) is 4.99 Å². The van der Waals surface area contributed by atoms with E-state index in [1.165, 1.54) is 6.92 Å². The Morgan fingerprint density at radius 1 is 1.08 bits per heavy atom. The molecule has 24 heavy (non-hydrogen) atoms. The molecule has 6 nitrogen and oxygen atoms in total. The molecule has 1 atom stereocenters. The lowest BCUT2D eigenvalue weighted by Gasteiger charge is -2.24. The zero-order valence-electron chi connectivity index (χ0n) is 13.8. The second kappa shape index (κ2) is 6.39. The van der Waals surface area contributed by atoms with Crippen LogP contribution in [-0.2, 0) is 9.59 Å². The largest absolute Gasteiger partial charge is 0.481 e. The van der Waals surface area contributed by atoms with Crippen LogP contribution in [0.15, 0.2) is 40.4 Å². The predicted octanol–water partition coefficient (Wildman–Crippen LogP) is 2.66. The van der Waals surface area contributed by atoms with E-state index in [1.807, 2.05) is 6.92 Å². The van der Waals surface area contributed by atoms with Crippen molar-refractivity contribution in [2.45, 2.75) is 39.2 Å². The number of nitrogens with zero attached hydrogens (tertiary/aromatic N) is 1. The summed E-state index contributed by atoms with van der Waals surface area (Å²) in [7, 11) is 0. The molecule has 1 heterocycles. The van der Waals surface area contributed by atoms with Crippen molar-refractivity contribution in [3.63, 3.8) is 0 Å². The van der Waals surface area contributed by atoms with Crippen LogP contribution in [0.2, 0.25) is 0 Å².